The van der Waals surface area contributed by atoms with Crippen LogP contribution in [0.3, 0.4) is 0 Å². The molecule has 4 aromatic rings. The summed E-state index contributed by atoms with van der Waals surface area (Å²) in [7, 11) is 1.37. The summed E-state index contributed by atoms with van der Waals surface area (Å²) < 4.78 is 4.93. The number of methoxy groups -OCH3 is 1. The molecule has 0 fully saturated rings. The zero-order chi connectivity index (χ0) is 18.6. The van der Waals surface area contributed by atoms with Crippen LogP contribution < -0.4 is 0 Å². The number of carbonyl (C=O) groups is 1. The second-order valence-corrected chi connectivity index (χ2v) is 6.11. The average molecular weight is 354 g/mol. The minimum atomic E-state index is -0.438. The lowest BCUT2D eigenvalue weighted by molar-refractivity contribution is 0.0595. The highest BCUT2D eigenvalue weighted by Gasteiger charge is 2.20. The predicted molar refractivity (Wildman–Crippen MR) is 106 cm³/mol. The summed E-state index contributed by atoms with van der Waals surface area (Å²) in [5.74, 6) is 0.199. The van der Waals surface area contributed by atoms with Gasteiger partial charge in [-0.3, -0.25) is 0 Å². The number of hydrogen-bond donors (Lipinski definition) is 1. The molecule has 0 spiro atoms. The zero-order valence-corrected chi connectivity index (χ0v) is 14.8. The normalized spacial score (nSPS) is 10.6. The lowest BCUT2D eigenvalue weighted by Gasteiger charge is -2.04. The Kier molecular flexibility index (Phi) is 4.54. The van der Waals surface area contributed by atoms with Crippen LogP contribution in [-0.4, -0.2) is 23.0 Å². The van der Waals surface area contributed by atoms with Gasteiger partial charge in [0.15, 0.2) is 5.69 Å². The van der Waals surface area contributed by atoms with Crippen LogP contribution in [0.25, 0.3) is 33.8 Å². The number of esters is 1. The van der Waals surface area contributed by atoms with E-state index in [0.717, 1.165) is 22.3 Å². The van der Waals surface area contributed by atoms with Gasteiger partial charge in [0.2, 0.25) is 0 Å². The largest absolute Gasteiger partial charge is 0.464 e. The molecule has 1 heterocycles. The minimum absolute atomic E-state index is 0.351. The van der Waals surface area contributed by atoms with Crippen LogP contribution in [0.5, 0.6) is 0 Å². The van der Waals surface area contributed by atoms with E-state index in [1.54, 1.807) is 0 Å². The van der Waals surface area contributed by atoms with Crippen LogP contribution in [0.2, 0.25) is 0 Å². The number of imidazole rings is 1. The molecule has 3 aromatic carbocycles. The summed E-state index contributed by atoms with van der Waals surface area (Å²) >= 11 is 0. The SMILES string of the molecule is COC(=O)c1[nH]c(-c2ccccc2)nc1-c1ccc(-c2ccccc2)cc1. The van der Waals surface area contributed by atoms with Gasteiger partial charge in [0.25, 0.3) is 0 Å². The van der Waals surface area contributed by atoms with Crippen molar-refractivity contribution in [2.24, 2.45) is 0 Å². The highest BCUT2D eigenvalue weighted by molar-refractivity contribution is 5.95. The van der Waals surface area contributed by atoms with Gasteiger partial charge in [0.1, 0.15) is 11.5 Å². The number of hydrogen-bond acceptors (Lipinski definition) is 3. The van der Waals surface area contributed by atoms with Crippen molar-refractivity contribution in [3.8, 4) is 33.8 Å². The van der Waals surface area contributed by atoms with Gasteiger partial charge < -0.3 is 9.72 Å². The molecular weight excluding hydrogens is 336 g/mol. The number of H-pyrrole nitrogens is 1. The summed E-state index contributed by atoms with van der Waals surface area (Å²) in [4.78, 5) is 20.0. The fourth-order valence-corrected chi connectivity index (χ4v) is 3.02. The fourth-order valence-electron chi connectivity index (χ4n) is 3.02. The summed E-state index contributed by atoms with van der Waals surface area (Å²) in [6, 6.07) is 27.9. The van der Waals surface area contributed by atoms with Gasteiger partial charge in [-0.15, -0.1) is 0 Å². The molecule has 0 amide bonds. The molecule has 0 saturated carbocycles. The third-order valence-electron chi connectivity index (χ3n) is 4.41. The Balaban J connectivity index is 1.76. The minimum Gasteiger partial charge on any atom is -0.464 e. The average Bonchev–Trinajstić information content (AvgIpc) is 3.20. The third kappa shape index (κ3) is 3.37. The van der Waals surface area contributed by atoms with Gasteiger partial charge in [-0.25, -0.2) is 9.78 Å². The highest BCUT2D eigenvalue weighted by atomic mass is 16.5. The van der Waals surface area contributed by atoms with Crippen LogP contribution in [0.15, 0.2) is 84.9 Å². The molecule has 1 aromatic heterocycles. The first-order chi connectivity index (χ1) is 13.3. The molecular formula is C23H18N2O2. The molecule has 4 rings (SSSR count). The second-order valence-electron chi connectivity index (χ2n) is 6.11. The van der Waals surface area contributed by atoms with E-state index >= 15 is 0 Å². The summed E-state index contributed by atoms with van der Waals surface area (Å²) in [6.07, 6.45) is 0. The molecule has 0 aliphatic rings. The topological polar surface area (TPSA) is 55.0 Å². The van der Waals surface area contributed by atoms with Gasteiger partial charge in [-0.2, -0.15) is 0 Å². The van der Waals surface area contributed by atoms with Gasteiger partial charge in [-0.05, 0) is 11.1 Å². The van der Waals surface area contributed by atoms with Crippen molar-refractivity contribution in [3.63, 3.8) is 0 Å². The molecule has 27 heavy (non-hydrogen) atoms. The number of rotatable bonds is 4. The van der Waals surface area contributed by atoms with Crippen molar-refractivity contribution >= 4 is 5.97 Å². The lowest BCUT2D eigenvalue weighted by Crippen LogP contribution is -2.03. The summed E-state index contributed by atoms with van der Waals surface area (Å²) in [6.45, 7) is 0. The Hall–Kier alpha value is -3.66. The van der Waals surface area contributed by atoms with Gasteiger partial charge in [-0.1, -0.05) is 84.9 Å². The maximum absolute atomic E-state index is 12.2. The van der Waals surface area contributed by atoms with Crippen molar-refractivity contribution < 1.29 is 9.53 Å². The predicted octanol–water partition coefficient (Wildman–Crippen LogP) is 5.20. The first-order valence-corrected chi connectivity index (χ1v) is 8.66. The number of aromatic nitrogens is 2. The van der Waals surface area contributed by atoms with Crippen molar-refractivity contribution in [2.45, 2.75) is 0 Å². The molecule has 132 valence electrons. The zero-order valence-electron chi connectivity index (χ0n) is 14.8. The fraction of sp³-hybridized carbons (Fsp3) is 0.0435. The van der Waals surface area contributed by atoms with E-state index in [2.05, 4.69) is 22.1 Å². The Morgan fingerprint density at radius 1 is 0.741 bits per heavy atom. The molecule has 0 radical (unpaired) electrons. The first kappa shape index (κ1) is 16.8. The maximum Gasteiger partial charge on any atom is 0.356 e. The Morgan fingerprint density at radius 2 is 1.26 bits per heavy atom. The highest BCUT2D eigenvalue weighted by Crippen LogP contribution is 2.29. The summed E-state index contributed by atoms with van der Waals surface area (Å²) in [5, 5.41) is 0. The van der Waals surface area contributed by atoms with Crippen LogP contribution in [0.4, 0.5) is 0 Å². The molecule has 0 unspecified atom stereocenters. The van der Waals surface area contributed by atoms with Crippen molar-refractivity contribution in [2.75, 3.05) is 7.11 Å². The lowest BCUT2D eigenvalue weighted by atomic mass is 10.0. The number of nitrogens with zero attached hydrogens (tertiary/aromatic N) is 1. The number of nitrogens with one attached hydrogen (secondary N) is 1. The van der Waals surface area contributed by atoms with E-state index in [0.29, 0.717) is 17.2 Å². The van der Waals surface area contributed by atoms with E-state index in [-0.39, 0.29) is 0 Å². The molecule has 0 bridgehead atoms. The van der Waals surface area contributed by atoms with Crippen LogP contribution >= 0.6 is 0 Å². The van der Waals surface area contributed by atoms with E-state index in [1.807, 2.05) is 72.8 Å². The third-order valence-corrected chi connectivity index (χ3v) is 4.41. The number of ether oxygens (including phenoxy) is 1. The number of aromatic amines is 1. The van der Waals surface area contributed by atoms with E-state index in [4.69, 9.17) is 4.74 Å². The number of carbonyl (C=O) groups excluding carboxylic acids is 1. The molecule has 0 atom stereocenters. The summed E-state index contributed by atoms with van der Waals surface area (Å²) in [5.41, 5.74) is 4.95. The molecule has 0 aliphatic carbocycles. The molecule has 0 aliphatic heterocycles. The van der Waals surface area contributed by atoms with E-state index in [9.17, 15) is 4.79 Å². The monoisotopic (exact) mass is 354 g/mol. The number of benzene rings is 3. The van der Waals surface area contributed by atoms with E-state index < -0.39 is 5.97 Å². The van der Waals surface area contributed by atoms with Gasteiger partial charge in [0.05, 0.1) is 7.11 Å². The van der Waals surface area contributed by atoms with Crippen molar-refractivity contribution in [1.29, 1.82) is 0 Å². The van der Waals surface area contributed by atoms with Gasteiger partial charge >= 0.3 is 5.97 Å². The first-order valence-electron chi connectivity index (χ1n) is 8.66. The van der Waals surface area contributed by atoms with Crippen LogP contribution in [-0.2, 0) is 4.74 Å². The van der Waals surface area contributed by atoms with Crippen molar-refractivity contribution in [1.82, 2.24) is 9.97 Å². The van der Waals surface area contributed by atoms with Crippen molar-refractivity contribution in [3.05, 3.63) is 90.6 Å². The molecule has 0 saturated heterocycles. The Labute approximate surface area is 157 Å². The van der Waals surface area contributed by atoms with Crippen LogP contribution in [0, 0.1) is 0 Å². The van der Waals surface area contributed by atoms with E-state index in [1.165, 1.54) is 7.11 Å². The maximum atomic E-state index is 12.2. The molecule has 4 nitrogen and oxygen atoms in total. The van der Waals surface area contributed by atoms with Crippen LogP contribution in [0.1, 0.15) is 10.5 Å². The Morgan fingerprint density at radius 3 is 1.85 bits per heavy atom. The quantitative estimate of drug-likeness (QED) is 0.513. The molecule has 1 N–H and O–H groups in total. The van der Waals surface area contributed by atoms with Gasteiger partial charge in [0, 0.05) is 11.1 Å². The smallest absolute Gasteiger partial charge is 0.356 e. The molecule has 4 heteroatoms. The Bertz CT molecular complexity index is 1050. The second kappa shape index (κ2) is 7.30. The standard InChI is InChI=1S/C23H18N2O2/c1-27-23(26)21-20(24-22(25-21)19-10-6-3-7-11-19)18-14-12-17(13-15-18)16-8-4-2-5-9-16/h2-15H,1H3,(H,24,25).